The van der Waals surface area contributed by atoms with Crippen molar-refractivity contribution in [2.45, 2.75) is 6.54 Å². The molecule has 17 heavy (non-hydrogen) atoms. The van der Waals surface area contributed by atoms with Crippen molar-refractivity contribution in [3.63, 3.8) is 0 Å². The van der Waals surface area contributed by atoms with Crippen molar-refractivity contribution in [3.05, 3.63) is 39.2 Å². The monoisotopic (exact) mass is 256 g/mol. The molecule has 8 heteroatoms. The number of nitrogens with zero attached hydrogens (tertiary/aromatic N) is 4. The smallest absolute Gasteiger partial charge is 0.333 e. The van der Waals surface area contributed by atoms with Crippen LogP contribution in [0.5, 0.6) is 0 Å². The van der Waals surface area contributed by atoms with Gasteiger partial charge in [-0.15, -0.1) is 0 Å². The average molecular weight is 257 g/mol. The number of nitrogens with two attached hydrogens (primary N) is 1. The first-order valence-corrected chi connectivity index (χ1v) is 5.35. The fourth-order valence-electron chi connectivity index (χ4n) is 1.76. The van der Waals surface area contributed by atoms with Crippen LogP contribution in [0.15, 0.2) is 23.3 Å². The molecule has 0 bridgehead atoms. The van der Waals surface area contributed by atoms with E-state index in [1.807, 2.05) is 0 Å². The summed E-state index contributed by atoms with van der Waals surface area (Å²) < 4.78 is -0.552. The van der Waals surface area contributed by atoms with Crippen molar-refractivity contribution in [1.82, 2.24) is 4.98 Å². The molecule has 0 amide bonds. The van der Waals surface area contributed by atoms with Crippen LogP contribution in [0.4, 0.5) is 0 Å². The Hall–Kier alpha value is -1.73. The lowest BCUT2D eigenvalue weighted by atomic mass is 10.2. The number of rotatable bonds is 3. The number of pyridine rings is 1. The summed E-state index contributed by atoms with van der Waals surface area (Å²) in [5, 5.41) is 11.1. The van der Waals surface area contributed by atoms with Gasteiger partial charge in [-0.3, -0.25) is 0 Å². The number of quaternary nitrogens is 1. The molecule has 1 unspecified atom stereocenters. The Labute approximate surface area is 102 Å². The summed E-state index contributed by atoms with van der Waals surface area (Å²) in [5.41, 5.74) is 6.33. The Morgan fingerprint density at radius 1 is 1.59 bits per heavy atom. The number of hydrogen-bond acceptors (Lipinski definition) is 5. The van der Waals surface area contributed by atoms with Gasteiger partial charge in [0.15, 0.2) is 13.1 Å². The number of aliphatic imine (C=N–C) groups is 1. The van der Waals surface area contributed by atoms with Crippen LogP contribution >= 0.6 is 11.6 Å². The van der Waals surface area contributed by atoms with E-state index in [-0.39, 0.29) is 19.0 Å². The average Bonchev–Trinajstić information content (AvgIpc) is 2.65. The molecule has 1 aromatic rings. The van der Waals surface area contributed by atoms with Crippen LogP contribution in [-0.2, 0) is 6.54 Å². The lowest BCUT2D eigenvalue weighted by Crippen LogP contribution is -2.57. The molecule has 1 atom stereocenters. The zero-order valence-corrected chi connectivity index (χ0v) is 9.67. The maximum atomic E-state index is 11.2. The number of nitro groups is 1. The zero-order valence-electron chi connectivity index (χ0n) is 8.91. The van der Waals surface area contributed by atoms with E-state index in [4.69, 9.17) is 17.3 Å². The summed E-state index contributed by atoms with van der Waals surface area (Å²) in [6, 6.07) is 3.29. The van der Waals surface area contributed by atoms with Crippen LogP contribution < -0.4 is 5.73 Å². The summed E-state index contributed by atoms with van der Waals surface area (Å²) in [6.07, 6.45) is 1.51. The van der Waals surface area contributed by atoms with E-state index in [1.165, 1.54) is 6.20 Å². The molecule has 0 spiro atoms. The highest BCUT2D eigenvalue weighted by molar-refractivity contribution is 6.29. The summed E-state index contributed by atoms with van der Waals surface area (Å²) in [7, 11) is 0. The molecular formula is C9H11ClN5O2+. The van der Waals surface area contributed by atoms with Crippen molar-refractivity contribution < 1.29 is 9.62 Å². The predicted molar refractivity (Wildman–Crippen MR) is 61.6 cm³/mol. The third-order valence-electron chi connectivity index (χ3n) is 2.72. The van der Waals surface area contributed by atoms with Gasteiger partial charge in [0.25, 0.3) is 0 Å². The molecule has 2 N–H and O–H groups in total. The first-order valence-electron chi connectivity index (χ1n) is 4.97. The molecule has 7 nitrogen and oxygen atoms in total. The number of hydrogen-bond donors (Lipinski definition) is 1. The van der Waals surface area contributed by atoms with Gasteiger partial charge < -0.3 is 5.73 Å². The first-order chi connectivity index (χ1) is 8.04. The van der Waals surface area contributed by atoms with Gasteiger partial charge in [0.05, 0.1) is 0 Å². The Kier molecular flexibility index (Phi) is 2.95. The Morgan fingerprint density at radius 3 is 2.82 bits per heavy atom. The van der Waals surface area contributed by atoms with Crippen LogP contribution in [0.2, 0.25) is 5.15 Å². The topological polar surface area (TPSA) is 94.4 Å². The third kappa shape index (κ3) is 2.06. The van der Waals surface area contributed by atoms with Crippen LogP contribution in [-0.4, -0.2) is 33.7 Å². The first kappa shape index (κ1) is 11.7. The van der Waals surface area contributed by atoms with Gasteiger partial charge >= 0.3 is 5.96 Å². The second-order valence-corrected chi connectivity index (χ2v) is 4.16. The summed E-state index contributed by atoms with van der Waals surface area (Å²) >= 11 is 5.66. The fraction of sp³-hybridized carbons (Fsp3) is 0.333. The van der Waals surface area contributed by atoms with Gasteiger partial charge in [-0.1, -0.05) is 11.6 Å². The minimum Gasteiger partial charge on any atom is -0.333 e. The summed E-state index contributed by atoms with van der Waals surface area (Å²) in [4.78, 5) is 19.0. The van der Waals surface area contributed by atoms with E-state index in [0.717, 1.165) is 0 Å². The number of guanidine groups is 1. The molecular weight excluding hydrogens is 246 g/mol. The minimum absolute atomic E-state index is 0.0324. The van der Waals surface area contributed by atoms with Crippen molar-refractivity contribution >= 4 is 17.6 Å². The number of halogens is 1. The van der Waals surface area contributed by atoms with Crippen LogP contribution in [0, 0.1) is 10.1 Å². The van der Waals surface area contributed by atoms with Gasteiger partial charge in [0.2, 0.25) is 5.03 Å². The SMILES string of the molecule is NC1=NCC[N+]1(Cc1ccc(Cl)nc1)[N+](=O)[O-]. The van der Waals surface area contributed by atoms with Crippen LogP contribution in [0.3, 0.4) is 0 Å². The molecule has 0 aliphatic carbocycles. The van der Waals surface area contributed by atoms with Gasteiger partial charge in [-0.25, -0.2) is 20.1 Å². The molecule has 2 heterocycles. The molecule has 1 aliphatic heterocycles. The summed E-state index contributed by atoms with van der Waals surface area (Å²) in [5.74, 6) is 0.0324. The van der Waals surface area contributed by atoms with E-state index in [0.29, 0.717) is 17.3 Å². The Balaban J connectivity index is 2.28. The fourth-order valence-corrected chi connectivity index (χ4v) is 1.87. The quantitative estimate of drug-likeness (QED) is 0.370. The van der Waals surface area contributed by atoms with E-state index >= 15 is 0 Å². The van der Waals surface area contributed by atoms with Crippen molar-refractivity contribution in [3.8, 4) is 0 Å². The van der Waals surface area contributed by atoms with E-state index in [2.05, 4.69) is 9.98 Å². The molecule has 2 rings (SSSR count). The minimum atomic E-state index is -0.552. The number of aromatic nitrogens is 1. The molecule has 0 fully saturated rings. The maximum Gasteiger partial charge on any atom is 0.358 e. The molecule has 1 aromatic heterocycles. The van der Waals surface area contributed by atoms with E-state index in [9.17, 15) is 10.1 Å². The molecule has 0 aromatic carbocycles. The molecule has 0 radical (unpaired) electrons. The van der Waals surface area contributed by atoms with Crippen LogP contribution in [0.25, 0.3) is 0 Å². The third-order valence-corrected chi connectivity index (χ3v) is 2.94. The predicted octanol–water partition coefficient (Wildman–Crippen LogP) is 0.572. The van der Waals surface area contributed by atoms with Gasteiger partial charge in [0, 0.05) is 16.4 Å². The standard InChI is InChI=1S/C9H11ClN5O2/c10-8-2-1-7(5-13-8)6-15(14(16)17)4-3-12-9(15)11/h1-2,5H,3-4,6H2,(H2,11,12)/q+1. The molecule has 0 saturated carbocycles. The maximum absolute atomic E-state index is 11.2. The normalized spacial score (nSPS) is 23.5. The highest BCUT2D eigenvalue weighted by Gasteiger charge is 2.49. The highest BCUT2D eigenvalue weighted by atomic mass is 35.5. The Morgan fingerprint density at radius 2 is 2.35 bits per heavy atom. The second-order valence-electron chi connectivity index (χ2n) is 3.77. The van der Waals surface area contributed by atoms with Gasteiger partial charge in [0.1, 0.15) is 11.7 Å². The lowest BCUT2D eigenvalue weighted by Gasteiger charge is -2.19. The van der Waals surface area contributed by atoms with E-state index < -0.39 is 9.62 Å². The zero-order chi connectivity index (χ0) is 12.5. The van der Waals surface area contributed by atoms with Gasteiger partial charge in [-0.2, -0.15) is 0 Å². The van der Waals surface area contributed by atoms with E-state index in [1.54, 1.807) is 12.1 Å². The second kappa shape index (κ2) is 4.27. The molecule has 90 valence electrons. The van der Waals surface area contributed by atoms with Crippen molar-refractivity contribution in [2.24, 2.45) is 10.7 Å². The van der Waals surface area contributed by atoms with Crippen LogP contribution in [0.1, 0.15) is 5.56 Å². The van der Waals surface area contributed by atoms with Gasteiger partial charge in [-0.05, 0) is 12.1 Å². The lowest BCUT2D eigenvalue weighted by molar-refractivity contribution is -1.28. The van der Waals surface area contributed by atoms with Crippen molar-refractivity contribution in [2.75, 3.05) is 13.1 Å². The molecule has 0 saturated heterocycles. The Bertz CT molecular complexity index is 475. The highest BCUT2D eigenvalue weighted by Crippen LogP contribution is 2.19. The largest absolute Gasteiger partial charge is 0.358 e. The van der Waals surface area contributed by atoms with Crippen molar-refractivity contribution in [1.29, 1.82) is 0 Å². The summed E-state index contributed by atoms with van der Waals surface area (Å²) in [6.45, 7) is 0.766. The molecule has 1 aliphatic rings.